The molecular formula is C21H25N5O5. The lowest BCUT2D eigenvalue weighted by Gasteiger charge is -2.40. The van der Waals surface area contributed by atoms with Crippen molar-refractivity contribution in [1.82, 2.24) is 19.6 Å². The Labute approximate surface area is 180 Å². The summed E-state index contributed by atoms with van der Waals surface area (Å²) in [6.45, 7) is 2.49. The van der Waals surface area contributed by atoms with Crippen molar-refractivity contribution in [3.63, 3.8) is 0 Å². The number of allylic oxidation sites excluding steroid dienone is 1. The molecule has 0 bridgehead atoms. The Morgan fingerprint density at radius 1 is 1.13 bits per heavy atom. The predicted octanol–water partition coefficient (Wildman–Crippen LogP) is 1.20. The van der Waals surface area contributed by atoms with Crippen LogP contribution in [-0.2, 0) is 20.9 Å². The Bertz CT molecular complexity index is 973. The van der Waals surface area contributed by atoms with Crippen molar-refractivity contribution in [3.05, 3.63) is 41.7 Å². The van der Waals surface area contributed by atoms with Crippen molar-refractivity contribution in [2.45, 2.75) is 32.1 Å². The molecule has 3 heterocycles. The summed E-state index contributed by atoms with van der Waals surface area (Å²) in [4.78, 5) is 48.6. The largest absolute Gasteiger partial charge is 0.497 e. The minimum atomic E-state index is -0.661. The Balaban J connectivity index is 1.56. The summed E-state index contributed by atoms with van der Waals surface area (Å²) in [6, 6.07) is 6.62. The van der Waals surface area contributed by atoms with Gasteiger partial charge in [0.1, 0.15) is 5.75 Å². The molecule has 0 N–H and O–H groups in total. The van der Waals surface area contributed by atoms with Crippen LogP contribution in [-0.4, -0.2) is 83.5 Å². The lowest BCUT2D eigenvalue weighted by molar-refractivity contribution is -0.142. The molecule has 3 aliphatic rings. The van der Waals surface area contributed by atoms with Gasteiger partial charge in [0, 0.05) is 25.5 Å². The van der Waals surface area contributed by atoms with Crippen LogP contribution in [0.5, 0.6) is 5.75 Å². The van der Waals surface area contributed by atoms with Crippen LogP contribution in [0.3, 0.4) is 0 Å². The second-order valence-electron chi connectivity index (χ2n) is 7.61. The number of urea groups is 1. The first kappa shape index (κ1) is 20.7. The number of benzene rings is 1. The first-order chi connectivity index (χ1) is 14.8. The summed E-state index contributed by atoms with van der Waals surface area (Å²) in [6.07, 6.45) is 1.21. The van der Waals surface area contributed by atoms with Gasteiger partial charge in [-0.25, -0.2) is 9.79 Å². The molecule has 0 saturated carbocycles. The highest BCUT2D eigenvalue weighted by molar-refractivity contribution is 6.05. The van der Waals surface area contributed by atoms with Gasteiger partial charge in [0.15, 0.2) is 12.2 Å². The number of rotatable bonds is 6. The highest BCUT2D eigenvalue weighted by Crippen LogP contribution is 2.34. The molecule has 3 amide bonds. The van der Waals surface area contributed by atoms with Crippen molar-refractivity contribution in [3.8, 4) is 5.75 Å². The van der Waals surface area contributed by atoms with Crippen molar-refractivity contribution < 1.29 is 23.9 Å². The molecule has 0 spiro atoms. The normalized spacial score (nSPS) is 22.3. The van der Waals surface area contributed by atoms with Crippen LogP contribution in [0.4, 0.5) is 4.79 Å². The Kier molecular flexibility index (Phi) is 5.30. The van der Waals surface area contributed by atoms with E-state index in [1.54, 1.807) is 14.2 Å². The lowest BCUT2D eigenvalue weighted by atomic mass is 10.1. The zero-order valence-corrected chi connectivity index (χ0v) is 17.9. The fourth-order valence-electron chi connectivity index (χ4n) is 4.02. The standard InChI is InChI=1S/C21H25N5O5/c1-13-11-26-17-18(23(2)21(29)24(19(17)28)10-9-16(27)31-4)22-20(26)25(13)12-14-5-7-15(30-3)8-6-14/h5-8,11,17-18H,9-10,12H2,1-4H3. The maximum atomic E-state index is 13.2. The molecule has 1 aromatic rings. The number of methoxy groups -OCH3 is 2. The number of nitrogens with zero attached hydrogens (tertiary/aromatic N) is 5. The van der Waals surface area contributed by atoms with Gasteiger partial charge in [0.25, 0.3) is 5.91 Å². The Hall–Kier alpha value is -3.56. The zero-order valence-electron chi connectivity index (χ0n) is 17.9. The van der Waals surface area contributed by atoms with Gasteiger partial charge < -0.3 is 24.2 Å². The van der Waals surface area contributed by atoms with E-state index in [0.29, 0.717) is 12.5 Å². The third-order valence-corrected chi connectivity index (χ3v) is 5.77. The number of guanidine groups is 1. The summed E-state index contributed by atoms with van der Waals surface area (Å²) in [7, 11) is 4.52. The number of carbonyl (C=O) groups is 3. The van der Waals surface area contributed by atoms with E-state index in [4.69, 9.17) is 9.73 Å². The van der Waals surface area contributed by atoms with Crippen molar-refractivity contribution >= 4 is 23.9 Å². The maximum absolute atomic E-state index is 13.2. The molecule has 2 atom stereocenters. The molecule has 3 aliphatic heterocycles. The smallest absolute Gasteiger partial charge is 0.328 e. The Morgan fingerprint density at radius 2 is 1.84 bits per heavy atom. The van der Waals surface area contributed by atoms with Crippen LogP contribution in [0.1, 0.15) is 18.9 Å². The number of ether oxygens (including phenoxy) is 2. The quantitative estimate of drug-likeness (QED) is 0.630. The molecule has 1 fully saturated rings. The average molecular weight is 427 g/mol. The summed E-state index contributed by atoms with van der Waals surface area (Å²) in [5, 5.41) is 0. The number of hydrogen-bond donors (Lipinski definition) is 0. The molecule has 10 nitrogen and oxygen atoms in total. The average Bonchev–Trinajstić information content (AvgIpc) is 3.28. The van der Waals surface area contributed by atoms with Gasteiger partial charge >= 0.3 is 12.0 Å². The molecular weight excluding hydrogens is 402 g/mol. The number of fused-ring (bicyclic) bond motifs is 3. The molecule has 0 aliphatic carbocycles. The van der Waals surface area contributed by atoms with Crippen LogP contribution < -0.4 is 4.74 Å². The fraction of sp³-hybridized carbons (Fsp3) is 0.429. The number of likely N-dealkylation sites (N-methyl/N-ethyl adjacent to an activating group) is 1. The summed E-state index contributed by atoms with van der Waals surface area (Å²) in [5.41, 5.74) is 2.00. The van der Waals surface area contributed by atoms with E-state index < -0.39 is 24.2 Å². The molecule has 2 unspecified atom stereocenters. The number of imide groups is 1. The molecule has 4 rings (SSSR count). The van der Waals surface area contributed by atoms with Gasteiger partial charge in [0.05, 0.1) is 27.2 Å². The highest BCUT2D eigenvalue weighted by atomic mass is 16.5. The second-order valence-corrected chi connectivity index (χ2v) is 7.61. The van der Waals surface area contributed by atoms with E-state index in [2.05, 4.69) is 4.74 Å². The SMILES string of the molecule is COC(=O)CCN1C(=O)C2C(N=C3N(Cc4ccc(OC)cc4)C(C)=CN32)N(C)C1=O. The van der Waals surface area contributed by atoms with Gasteiger partial charge in [-0.05, 0) is 24.6 Å². The fourth-order valence-corrected chi connectivity index (χ4v) is 4.02. The second kappa shape index (κ2) is 7.93. The monoisotopic (exact) mass is 427 g/mol. The van der Waals surface area contributed by atoms with E-state index in [9.17, 15) is 14.4 Å². The zero-order chi connectivity index (χ0) is 22.3. The maximum Gasteiger partial charge on any atom is 0.328 e. The lowest BCUT2D eigenvalue weighted by Crippen LogP contribution is -2.64. The third-order valence-electron chi connectivity index (χ3n) is 5.77. The summed E-state index contributed by atoms with van der Waals surface area (Å²) >= 11 is 0. The van der Waals surface area contributed by atoms with Gasteiger partial charge in [-0.3, -0.25) is 14.5 Å². The van der Waals surface area contributed by atoms with Gasteiger partial charge in [-0.1, -0.05) is 12.1 Å². The Morgan fingerprint density at radius 3 is 2.48 bits per heavy atom. The first-order valence-corrected chi connectivity index (χ1v) is 9.95. The number of aliphatic imine (C=N–C) groups is 1. The van der Waals surface area contributed by atoms with E-state index in [-0.39, 0.29) is 18.9 Å². The molecule has 10 heteroatoms. The highest BCUT2D eigenvalue weighted by Gasteiger charge is 2.54. The topological polar surface area (TPSA) is 95.0 Å². The van der Waals surface area contributed by atoms with E-state index in [1.165, 1.54) is 12.0 Å². The number of amides is 3. The number of carbonyl (C=O) groups excluding carboxylic acids is 3. The van der Waals surface area contributed by atoms with Crippen molar-refractivity contribution in [2.75, 3.05) is 27.8 Å². The van der Waals surface area contributed by atoms with E-state index in [1.807, 2.05) is 47.2 Å². The molecule has 1 saturated heterocycles. The van der Waals surface area contributed by atoms with Crippen molar-refractivity contribution in [1.29, 1.82) is 0 Å². The van der Waals surface area contributed by atoms with Crippen LogP contribution in [0.2, 0.25) is 0 Å². The molecule has 1 aromatic carbocycles. The van der Waals surface area contributed by atoms with Crippen LogP contribution in [0.15, 0.2) is 41.2 Å². The molecule has 164 valence electrons. The first-order valence-electron chi connectivity index (χ1n) is 9.95. The number of hydrogen-bond acceptors (Lipinski definition) is 8. The predicted molar refractivity (Wildman–Crippen MR) is 111 cm³/mol. The van der Waals surface area contributed by atoms with Crippen molar-refractivity contribution in [2.24, 2.45) is 4.99 Å². The third kappa shape index (κ3) is 3.47. The number of esters is 1. The molecule has 0 aromatic heterocycles. The van der Waals surface area contributed by atoms with E-state index in [0.717, 1.165) is 21.9 Å². The van der Waals surface area contributed by atoms with Crippen LogP contribution in [0, 0.1) is 0 Å². The summed E-state index contributed by atoms with van der Waals surface area (Å²) in [5.74, 6) is 0.564. The van der Waals surface area contributed by atoms with Crippen LogP contribution >= 0.6 is 0 Å². The van der Waals surface area contributed by atoms with Crippen LogP contribution in [0.25, 0.3) is 0 Å². The van der Waals surface area contributed by atoms with Gasteiger partial charge in [-0.2, -0.15) is 0 Å². The van der Waals surface area contributed by atoms with E-state index >= 15 is 0 Å². The van der Waals surface area contributed by atoms with Gasteiger partial charge in [-0.15, -0.1) is 0 Å². The molecule has 31 heavy (non-hydrogen) atoms. The minimum absolute atomic E-state index is 0.0284. The molecule has 0 radical (unpaired) electrons. The summed E-state index contributed by atoms with van der Waals surface area (Å²) < 4.78 is 9.85. The minimum Gasteiger partial charge on any atom is -0.497 e. The van der Waals surface area contributed by atoms with Gasteiger partial charge in [0.2, 0.25) is 5.96 Å².